The number of carbonyl (C=O) groups excluding carboxylic acids is 1. The average Bonchev–Trinajstić information content (AvgIpc) is 2.32. The number of halogens is 1. The monoisotopic (exact) mass is 236 g/mol. The van der Waals surface area contributed by atoms with Gasteiger partial charge in [-0.3, -0.25) is 4.79 Å². The maximum absolute atomic E-state index is 12.8. The molecule has 1 aliphatic carbocycles. The van der Waals surface area contributed by atoms with Crippen LogP contribution < -0.4 is 0 Å². The van der Waals surface area contributed by atoms with Crippen molar-refractivity contribution < 1.29 is 14.3 Å². The number of hydrogen-bond acceptors (Lipinski definition) is 2. The normalized spacial score (nSPS) is 26.9. The van der Waals surface area contributed by atoms with Gasteiger partial charge in [0, 0.05) is 12.3 Å². The Balaban J connectivity index is 2.15. The minimum absolute atomic E-state index is 0.125. The Morgan fingerprint density at radius 1 is 1.35 bits per heavy atom. The second-order valence-electron chi connectivity index (χ2n) is 4.95. The highest BCUT2D eigenvalue weighted by molar-refractivity contribution is 5.82. The van der Waals surface area contributed by atoms with Gasteiger partial charge in [-0.15, -0.1) is 0 Å². The summed E-state index contributed by atoms with van der Waals surface area (Å²) in [5.41, 5.74) is 0.624. The van der Waals surface area contributed by atoms with E-state index in [-0.39, 0.29) is 17.5 Å². The second kappa shape index (κ2) is 4.96. The molecule has 0 heterocycles. The van der Waals surface area contributed by atoms with Gasteiger partial charge >= 0.3 is 0 Å². The van der Waals surface area contributed by atoms with Gasteiger partial charge in [0.2, 0.25) is 0 Å². The second-order valence-corrected chi connectivity index (χ2v) is 4.95. The molecule has 0 saturated heterocycles. The van der Waals surface area contributed by atoms with Gasteiger partial charge in [-0.05, 0) is 36.5 Å². The molecule has 0 aliphatic heterocycles. The lowest BCUT2D eigenvalue weighted by Gasteiger charge is -2.29. The smallest absolute Gasteiger partial charge is 0.138 e. The Bertz CT molecular complexity index is 399. The first-order valence-corrected chi connectivity index (χ1v) is 6.04. The zero-order valence-electron chi connectivity index (χ0n) is 9.90. The van der Waals surface area contributed by atoms with E-state index in [2.05, 4.69) is 6.92 Å². The van der Waals surface area contributed by atoms with Gasteiger partial charge in [-0.25, -0.2) is 4.39 Å². The lowest BCUT2D eigenvalue weighted by Crippen LogP contribution is -2.29. The number of aliphatic hydroxyl groups excluding tert-OH is 1. The molecule has 92 valence electrons. The van der Waals surface area contributed by atoms with Gasteiger partial charge in [-0.2, -0.15) is 0 Å². The quantitative estimate of drug-likeness (QED) is 0.857. The summed E-state index contributed by atoms with van der Waals surface area (Å²) in [4.78, 5) is 11.8. The molecular weight excluding hydrogens is 219 g/mol. The van der Waals surface area contributed by atoms with E-state index in [4.69, 9.17) is 0 Å². The molecule has 3 atom stereocenters. The highest BCUT2D eigenvalue weighted by Crippen LogP contribution is 2.34. The molecule has 0 amide bonds. The van der Waals surface area contributed by atoms with Crippen LogP contribution in [0.3, 0.4) is 0 Å². The molecule has 1 N–H and O–H groups in total. The van der Waals surface area contributed by atoms with Crippen LogP contribution in [0.15, 0.2) is 24.3 Å². The van der Waals surface area contributed by atoms with E-state index in [0.717, 1.165) is 12.8 Å². The molecule has 0 aromatic heterocycles. The van der Waals surface area contributed by atoms with Crippen LogP contribution in [0.2, 0.25) is 0 Å². The summed E-state index contributed by atoms with van der Waals surface area (Å²) in [5, 5.41) is 10.2. The highest BCUT2D eigenvalue weighted by Gasteiger charge is 2.32. The molecule has 17 heavy (non-hydrogen) atoms. The van der Waals surface area contributed by atoms with Crippen LogP contribution >= 0.6 is 0 Å². The Morgan fingerprint density at radius 2 is 2.00 bits per heavy atom. The van der Waals surface area contributed by atoms with Crippen molar-refractivity contribution in [3.05, 3.63) is 35.6 Å². The molecule has 1 fully saturated rings. The topological polar surface area (TPSA) is 37.3 Å². The first-order chi connectivity index (χ1) is 8.08. The van der Waals surface area contributed by atoms with Crippen molar-refractivity contribution in [1.82, 2.24) is 0 Å². The van der Waals surface area contributed by atoms with Crippen LogP contribution in [-0.4, -0.2) is 10.9 Å². The first-order valence-electron chi connectivity index (χ1n) is 6.04. The first kappa shape index (κ1) is 12.2. The standard InChI is InChI=1S/C14H17FO2/c1-9-2-7-13(16)12(8-9)14(17)10-3-5-11(15)6-4-10/h3-6,9,12,14,17H,2,7-8H2,1H3/t9?,12?,14-/m1/s1. The van der Waals surface area contributed by atoms with Gasteiger partial charge in [0.15, 0.2) is 0 Å². The summed E-state index contributed by atoms with van der Waals surface area (Å²) < 4.78 is 12.8. The zero-order chi connectivity index (χ0) is 12.4. The summed E-state index contributed by atoms with van der Waals surface area (Å²) in [7, 11) is 0. The number of aliphatic hydroxyl groups is 1. The van der Waals surface area contributed by atoms with Crippen molar-refractivity contribution in [2.45, 2.75) is 32.3 Å². The Morgan fingerprint density at radius 3 is 2.65 bits per heavy atom. The third-order valence-electron chi connectivity index (χ3n) is 3.55. The van der Waals surface area contributed by atoms with E-state index in [9.17, 15) is 14.3 Å². The molecule has 1 saturated carbocycles. The summed E-state index contributed by atoms with van der Waals surface area (Å²) in [5.74, 6) is -0.0683. The van der Waals surface area contributed by atoms with Crippen LogP contribution in [0.4, 0.5) is 4.39 Å². The van der Waals surface area contributed by atoms with Gasteiger partial charge in [0.1, 0.15) is 11.6 Å². The Kier molecular flexibility index (Phi) is 3.57. The Hall–Kier alpha value is -1.22. The summed E-state index contributed by atoms with van der Waals surface area (Å²) >= 11 is 0. The molecule has 1 aromatic carbocycles. The van der Waals surface area contributed by atoms with E-state index in [1.165, 1.54) is 12.1 Å². The van der Waals surface area contributed by atoms with Gasteiger partial charge in [-0.1, -0.05) is 19.1 Å². The maximum Gasteiger partial charge on any atom is 0.138 e. The van der Waals surface area contributed by atoms with Gasteiger partial charge in [0.05, 0.1) is 6.10 Å². The Labute approximate surface area is 100 Å². The minimum Gasteiger partial charge on any atom is -0.388 e. The van der Waals surface area contributed by atoms with Crippen molar-refractivity contribution in [2.75, 3.05) is 0 Å². The molecule has 2 nitrogen and oxygen atoms in total. The molecule has 1 aromatic rings. The number of Topliss-reactive ketones (excluding diaryl/α,β-unsaturated/α-hetero) is 1. The van der Waals surface area contributed by atoms with Gasteiger partial charge < -0.3 is 5.11 Å². The lowest BCUT2D eigenvalue weighted by molar-refractivity contribution is -0.129. The molecular formula is C14H17FO2. The predicted molar refractivity (Wildman–Crippen MR) is 62.9 cm³/mol. The van der Waals surface area contributed by atoms with Crippen LogP contribution in [-0.2, 0) is 4.79 Å². The molecule has 1 aliphatic rings. The van der Waals surface area contributed by atoms with Crippen molar-refractivity contribution in [3.8, 4) is 0 Å². The molecule has 3 heteroatoms. The van der Waals surface area contributed by atoms with E-state index in [1.807, 2.05) is 0 Å². The van der Waals surface area contributed by atoms with E-state index < -0.39 is 6.10 Å². The highest BCUT2D eigenvalue weighted by atomic mass is 19.1. The molecule has 0 spiro atoms. The van der Waals surface area contributed by atoms with Crippen LogP contribution in [0, 0.1) is 17.7 Å². The van der Waals surface area contributed by atoms with Crippen molar-refractivity contribution in [1.29, 1.82) is 0 Å². The SMILES string of the molecule is CC1CCC(=O)C([C@H](O)c2ccc(F)cc2)C1. The third kappa shape index (κ3) is 2.72. The summed E-state index contributed by atoms with van der Waals surface area (Å²) in [6, 6.07) is 5.73. The zero-order valence-corrected chi connectivity index (χ0v) is 9.90. The lowest BCUT2D eigenvalue weighted by atomic mass is 9.77. The number of carbonyl (C=O) groups is 1. The molecule has 0 bridgehead atoms. The molecule has 2 unspecified atom stereocenters. The van der Waals surface area contributed by atoms with Crippen molar-refractivity contribution in [3.63, 3.8) is 0 Å². The fourth-order valence-corrected chi connectivity index (χ4v) is 2.45. The number of hydrogen-bond donors (Lipinski definition) is 1. The van der Waals surface area contributed by atoms with E-state index >= 15 is 0 Å². The third-order valence-corrected chi connectivity index (χ3v) is 3.55. The minimum atomic E-state index is -0.800. The maximum atomic E-state index is 12.8. The van der Waals surface area contributed by atoms with Crippen molar-refractivity contribution >= 4 is 5.78 Å². The average molecular weight is 236 g/mol. The van der Waals surface area contributed by atoms with Crippen LogP contribution in [0.1, 0.15) is 37.9 Å². The molecule has 2 rings (SSSR count). The van der Waals surface area contributed by atoms with E-state index in [0.29, 0.717) is 17.9 Å². The number of benzene rings is 1. The largest absolute Gasteiger partial charge is 0.388 e. The fourth-order valence-electron chi connectivity index (χ4n) is 2.45. The van der Waals surface area contributed by atoms with Crippen LogP contribution in [0.5, 0.6) is 0 Å². The van der Waals surface area contributed by atoms with Gasteiger partial charge in [0.25, 0.3) is 0 Å². The summed E-state index contributed by atoms with van der Waals surface area (Å²) in [6.45, 7) is 2.09. The fraction of sp³-hybridized carbons (Fsp3) is 0.500. The number of rotatable bonds is 2. The van der Waals surface area contributed by atoms with Crippen LogP contribution in [0.25, 0.3) is 0 Å². The van der Waals surface area contributed by atoms with Crippen molar-refractivity contribution in [2.24, 2.45) is 11.8 Å². The van der Waals surface area contributed by atoms with E-state index in [1.54, 1.807) is 12.1 Å². The predicted octanol–water partition coefficient (Wildman–Crippen LogP) is 2.86. The number of ketones is 1. The summed E-state index contributed by atoms with van der Waals surface area (Å²) in [6.07, 6.45) is 1.37. The molecule has 0 radical (unpaired) electrons.